The molecule has 3 aromatic carbocycles. The highest BCUT2D eigenvalue weighted by Gasteiger charge is 2.31. The molecule has 4 aromatic rings. The van der Waals surface area contributed by atoms with Gasteiger partial charge in [-0.3, -0.25) is 14.6 Å². The highest BCUT2D eigenvalue weighted by atomic mass is 32.2. The van der Waals surface area contributed by atoms with Crippen molar-refractivity contribution in [3.8, 4) is 5.75 Å². The van der Waals surface area contributed by atoms with Gasteiger partial charge in [0.05, 0.1) is 18.1 Å². The summed E-state index contributed by atoms with van der Waals surface area (Å²) in [5.41, 5.74) is 2.66. The van der Waals surface area contributed by atoms with Gasteiger partial charge in [0, 0.05) is 45.0 Å². The summed E-state index contributed by atoms with van der Waals surface area (Å²) >= 11 is 0. The van der Waals surface area contributed by atoms with Crippen LogP contribution in [0.25, 0.3) is 0 Å². The maximum atomic E-state index is 13.9. The van der Waals surface area contributed by atoms with E-state index in [0.717, 1.165) is 16.7 Å². The second kappa shape index (κ2) is 15.4. The third-order valence-electron chi connectivity index (χ3n) is 7.48. The summed E-state index contributed by atoms with van der Waals surface area (Å²) in [7, 11) is -3.66. The van der Waals surface area contributed by atoms with Crippen molar-refractivity contribution in [3.63, 3.8) is 0 Å². The van der Waals surface area contributed by atoms with Gasteiger partial charge in [0.2, 0.25) is 15.9 Å². The van der Waals surface area contributed by atoms with Gasteiger partial charge < -0.3 is 19.7 Å². The number of carbonyl (C=O) groups is 2. The fraction of sp³-hybridized carbons (Fsp3) is 0.265. The Morgan fingerprint density at radius 2 is 1.47 bits per heavy atom. The minimum Gasteiger partial charge on any atom is -0.484 e. The summed E-state index contributed by atoms with van der Waals surface area (Å²) in [6.45, 7) is 1.45. The molecule has 10 nitrogen and oxygen atoms in total. The Balaban J connectivity index is 1.34. The molecule has 1 aromatic heterocycles. The number of benzene rings is 3. The number of pyridine rings is 1. The molecule has 1 aliphatic heterocycles. The number of ether oxygens (including phenoxy) is 2. The number of carbonyl (C=O) groups excluding carboxylic acids is 2. The monoisotopic (exact) mass is 628 g/mol. The number of hydrogen-bond acceptors (Lipinski definition) is 7. The largest absolute Gasteiger partial charge is 0.484 e. The van der Waals surface area contributed by atoms with Crippen molar-refractivity contribution in [2.45, 2.75) is 30.4 Å². The number of sulfonamides is 1. The average molecular weight is 629 g/mol. The highest BCUT2D eigenvalue weighted by Crippen LogP contribution is 2.21. The Kier molecular flexibility index (Phi) is 10.9. The lowest BCUT2D eigenvalue weighted by Crippen LogP contribution is -2.51. The standard InChI is InChI=1S/C34H36N4O6S/c39-33(26-44-30-11-13-31(14-12-30)45(41,42)37-19-21-43-22-20-37)38(25-29-9-5-2-6-10-29)32(23-27-7-3-1-4-8-27)34(40)36-24-28-15-17-35-18-16-28/h1-18,32H,19-26H2,(H,36,40)/t32-/m1/s1. The lowest BCUT2D eigenvalue weighted by Gasteiger charge is -2.31. The van der Waals surface area contributed by atoms with Crippen LogP contribution in [0.4, 0.5) is 0 Å². The number of nitrogens with one attached hydrogen (secondary N) is 1. The van der Waals surface area contributed by atoms with E-state index in [2.05, 4.69) is 10.3 Å². The highest BCUT2D eigenvalue weighted by molar-refractivity contribution is 7.89. The molecule has 1 saturated heterocycles. The number of amides is 2. The molecule has 2 amide bonds. The first-order valence-electron chi connectivity index (χ1n) is 14.7. The smallest absolute Gasteiger partial charge is 0.261 e. The third-order valence-corrected chi connectivity index (χ3v) is 9.39. The minimum absolute atomic E-state index is 0.141. The van der Waals surface area contributed by atoms with Crippen molar-refractivity contribution in [1.82, 2.24) is 19.5 Å². The van der Waals surface area contributed by atoms with Crippen molar-refractivity contribution in [2.24, 2.45) is 0 Å². The number of nitrogens with zero attached hydrogens (tertiary/aromatic N) is 3. The summed E-state index contributed by atoms with van der Waals surface area (Å²) < 4.78 is 38.5. The minimum atomic E-state index is -3.66. The third kappa shape index (κ3) is 8.75. The van der Waals surface area contributed by atoms with E-state index in [9.17, 15) is 18.0 Å². The Morgan fingerprint density at radius 3 is 2.11 bits per heavy atom. The molecule has 0 radical (unpaired) electrons. The maximum Gasteiger partial charge on any atom is 0.261 e. The summed E-state index contributed by atoms with van der Waals surface area (Å²) in [6.07, 6.45) is 3.63. The SMILES string of the molecule is O=C(NCc1ccncc1)[C@@H](Cc1ccccc1)N(Cc1ccccc1)C(=O)COc1ccc(S(=O)(=O)N2CCOCC2)cc1. The molecule has 0 bridgehead atoms. The van der Waals surface area contributed by atoms with Crippen molar-refractivity contribution in [2.75, 3.05) is 32.9 Å². The molecule has 0 unspecified atom stereocenters. The molecule has 1 fully saturated rings. The Labute approximate surface area is 263 Å². The van der Waals surface area contributed by atoms with Gasteiger partial charge >= 0.3 is 0 Å². The van der Waals surface area contributed by atoms with E-state index in [4.69, 9.17) is 9.47 Å². The van der Waals surface area contributed by atoms with Gasteiger partial charge in [-0.2, -0.15) is 4.31 Å². The molecule has 1 atom stereocenters. The topological polar surface area (TPSA) is 118 Å². The van der Waals surface area contributed by atoms with Crippen molar-refractivity contribution < 1.29 is 27.5 Å². The first-order valence-corrected chi connectivity index (χ1v) is 16.2. The Hall–Kier alpha value is -4.58. The van der Waals surface area contributed by atoms with Gasteiger partial charge in [-0.1, -0.05) is 60.7 Å². The van der Waals surface area contributed by atoms with E-state index in [1.165, 1.54) is 28.6 Å². The first kappa shape index (κ1) is 31.8. The fourth-order valence-electron chi connectivity index (χ4n) is 5.01. The number of hydrogen-bond donors (Lipinski definition) is 1. The van der Waals surface area contributed by atoms with Crippen LogP contribution in [0.3, 0.4) is 0 Å². The second-order valence-corrected chi connectivity index (χ2v) is 12.5. The van der Waals surface area contributed by atoms with Gasteiger partial charge in [0.1, 0.15) is 11.8 Å². The number of morpholine rings is 1. The number of aromatic nitrogens is 1. The molecular formula is C34H36N4O6S. The quantitative estimate of drug-likeness (QED) is 0.241. The van der Waals surface area contributed by atoms with Gasteiger partial charge in [-0.15, -0.1) is 0 Å². The molecule has 2 heterocycles. The summed E-state index contributed by atoms with van der Waals surface area (Å²) in [6, 6.07) is 27.9. The van der Waals surface area contributed by atoms with E-state index in [-0.39, 0.29) is 36.4 Å². The first-order chi connectivity index (χ1) is 21.9. The normalized spacial score (nSPS) is 14.3. The molecule has 0 saturated carbocycles. The Morgan fingerprint density at radius 1 is 0.844 bits per heavy atom. The predicted octanol–water partition coefficient (Wildman–Crippen LogP) is 3.44. The van der Waals surface area contributed by atoms with Crippen LogP contribution >= 0.6 is 0 Å². The second-order valence-electron chi connectivity index (χ2n) is 10.6. The molecule has 1 aliphatic rings. The van der Waals surface area contributed by atoms with Crippen LogP contribution in [0.1, 0.15) is 16.7 Å². The molecule has 0 spiro atoms. The van der Waals surface area contributed by atoms with Gasteiger partial charge in [0.25, 0.3) is 5.91 Å². The molecule has 5 rings (SSSR count). The van der Waals surface area contributed by atoms with E-state index in [1.54, 1.807) is 17.3 Å². The van der Waals surface area contributed by atoms with Gasteiger partial charge in [-0.05, 0) is 53.1 Å². The zero-order valence-electron chi connectivity index (χ0n) is 24.8. The van der Waals surface area contributed by atoms with Crippen LogP contribution in [-0.4, -0.2) is 73.4 Å². The van der Waals surface area contributed by atoms with E-state index < -0.39 is 16.1 Å². The summed E-state index contributed by atoms with van der Waals surface area (Å²) in [4.78, 5) is 33.3. The van der Waals surface area contributed by atoms with Crippen LogP contribution < -0.4 is 10.1 Å². The predicted molar refractivity (Wildman–Crippen MR) is 169 cm³/mol. The van der Waals surface area contributed by atoms with Crippen LogP contribution in [0.2, 0.25) is 0 Å². The van der Waals surface area contributed by atoms with Crippen LogP contribution in [-0.2, 0) is 43.9 Å². The van der Waals surface area contributed by atoms with E-state index in [1.807, 2.05) is 72.8 Å². The molecule has 234 valence electrons. The molecule has 45 heavy (non-hydrogen) atoms. The molecule has 11 heteroatoms. The molecule has 0 aliphatic carbocycles. The Bertz CT molecular complexity index is 1630. The maximum absolute atomic E-state index is 13.9. The van der Waals surface area contributed by atoms with Crippen LogP contribution in [0.15, 0.2) is 114 Å². The lowest BCUT2D eigenvalue weighted by molar-refractivity contribution is -0.142. The van der Waals surface area contributed by atoms with E-state index >= 15 is 0 Å². The van der Waals surface area contributed by atoms with Crippen LogP contribution in [0, 0.1) is 0 Å². The zero-order valence-corrected chi connectivity index (χ0v) is 25.6. The average Bonchev–Trinajstić information content (AvgIpc) is 3.09. The van der Waals surface area contributed by atoms with Gasteiger partial charge in [-0.25, -0.2) is 8.42 Å². The van der Waals surface area contributed by atoms with Crippen molar-refractivity contribution >= 4 is 21.8 Å². The van der Waals surface area contributed by atoms with E-state index in [0.29, 0.717) is 38.5 Å². The van der Waals surface area contributed by atoms with Crippen molar-refractivity contribution in [1.29, 1.82) is 0 Å². The molecule has 1 N–H and O–H groups in total. The fourth-order valence-corrected chi connectivity index (χ4v) is 6.42. The lowest BCUT2D eigenvalue weighted by atomic mass is 10.0. The summed E-state index contributed by atoms with van der Waals surface area (Å²) in [5, 5.41) is 2.99. The van der Waals surface area contributed by atoms with Gasteiger partial charge in [0.15, 0.2) is 6.61 Å². The van der Waals surface area contributed by atoms with Crippen molar-refractivity contribution in [3.05, 3.63) is 126 Å². The number of rotatable bonds is 13. The van der Waals surface area contributed by atoms with Crippen LogP contribution in [0.5, 0.6) is 5.75 Å². The molecular weight excluding hydrogens is 592 g/mol. The zero-order chi connectivity index (χ0) is 31.5. The summed E-state index contributed by atoms with van der Waals surface area (Å²) in [5.74, 6) is -0.341.